The van der Waals surface area contributed by atoms with Gasteiger partial charge < -0.3 is 10.2 Å². The van der Waals surface area contributed by atoms with Gasteiger partial charge in [0.15, 0.2) is 5.71 Å². The summed E-state index contributed by atoms with van der Waals surface area (Å²) in [5.41, 5.74) is 0.504. The van der Waals surface area contributed by atoms with Crippen molar-refractivity contribution in [2.45, 2.75) is 26.4 Å². The number of carbonyl (C=O) groups excluding carboxylic acids is 1. The number of nitrogens with one attached hydrogen (secondary N) is 1. The largest absolute Gasteiger partial charge is 0.391 e. The van der Waals surface area contributed by atoms with Crippen molar-refractivity contribution in [1.82, 2.24) is 5.32 Å². The molecule has 1 N–H and O–H groups in total. The smallest absolute Gasteiger partial charge is 0.269 e. The van der Waals surface area contributed by atoms with E-state index in [4.69, 9.17) is 4.84 Å². The van der Waals surface area contributed by atoms with Crippen LogP contribution in [0, 0.1) is 5.92 Å². The second-order valence-corrected chi connectivity index (χ2v) is 2.90. The van der Waals surface area contributed by atoms with Gasteiger partial charge in [-0.25, -0.2) is 0 Å². The maximum absolute atomic E-state index is 11.2. The molecule has 12 heavy (non-hydrogen) atoms. The minimum atomic E-state index is -0.140. The number of oxime groups is 1. The molecule has 1 heterocycles. The molecule has 1 aliphatic rings. The highest BCUT2D eigenvalue weighted by Crippen LogP contribution is 2.20. The molecule has 4 heteroatoms. The summed E-state index contributed by atoms with van der Waals surface area (Å²) < 4.78 is 0. The molecule has 2 atom stereocenters. The van der Waals surface area contributed by atoms with Crippen molar-refractivity contribution in [1.29, 1.82) is 0 Å². The predicted molar refractivity (Wildman–Crippen MR) is 45.8 cm³/mol. The van der Waals surface area contributed by atoms with Gasteiger partial charge in [0.2, 0.25) is 0 Å². The molecule has 0 saturated heterocycles. The van der Waals surface area contributed by atoms with Crippen molar-refractivity contribution in [3.05, 3.63) is 0 Å². The first kappa shape index (κ1) is 9.03. The zero-order valence-corrected chi connectivity index (χ0v) is 7.63. The number of rotatable bonds is 2. The highest BCUT2D eigenvalue weighted by atomic mass is 16.6. The Morgan fingerprint density at radius 1 is 1.75 bits per heavy atom. The molecule has 0 spiro atoms. The van der Waals surface area contributed by atoms with Gasteiger partial charge in [-0.1, -0.05) is 19.0 Å². The van der Waals surface area contributed by atoms with Crippen molar-refractivity contribution in [3.63, 3.8) is 0 Å². The number of hydrogen-bond acceptors (Lipinski definition) is 3. The Morgan fingerprint density at radius 2 is 2.42 bits per heavy atom. The van der Waals surface area contributed by atoms with Gasteiger partial charge in [-0.3, -0.25) is 4.79 Å². The first-order chi connectivity index (χ1) is 5.70. The SMILES string of the molecule is CCC1ON=C(C(=O)NC)C1C. The zero-order valence-electron chi connectivity index (χ0n) is 7.63. The standard InChI is InChI=1S/C8H14N2O2/c1-4-6-5(2)7(10-12-6)8(11)9-3/h5-6H,4H2,1-3H3,(H,9,11). The summed E-state index contributed by atoms with van der Waals surface area (Å²) >= 11 is 0. The summed E-state index contributed by atoms with van der Waals surface area (Å²) in [7, 11) is 1.59. The van der Waals surface area contributed by atoms with Crippen LogP contribution in [0.25, 0.3) is 0 Å². The van der Waals surface area contributed by atoms with E-state index in [1.165, 1.54) is 0 Å². The fourth-order valence-corrected chi connectivity index (χ4v) is 1.28. The molecule has 0 aliphatic carbocycles. The van der Waals surface area contributed by atoms with Gasteiger partial charge in [-0.2, -0.15) is 0 Å². The van der Waals surface area contributed by atoms with E-state index in [2.05, 4.69) is 10.5 Å². The second-order valence-electron chi connectivity index (χ2n) is 2.90. The molecular formula is C8H14N2O2. The molecule has 0 aromatic carbocycles. The van der Waals surface area contributed by atoms with Gasteiger partial charge in [-0.15, -0.1) is 0 Å². The maximum atomic E-state index is 11.2. The Hall–Kier alpha value is -1.06. The molecule has 1 aliphatic heterocycles. The Kier molecular flexibility index (Phi) is 2.68. The highest BCUT2D eigenvalue weighted by molar-refractivity contribution is 6.39. The van der Waals surface area contributed by atoms with Crippen molar-refractivity contribution in [2.24, 2.45) is 11.1 Å². The van der Waals surface area contributed by atoms with Crippen LogP contribution in [0.15, 0.2) is 5.16 Å². The fourth-order valence-electron chi connectivity index (χ4n) is 1.28. The highest BCUT2D eigenvalue weighted by Gasteiger charge is 2.32. The lowest BCUT2D eigenvalue weighted by atomic mass is 9.97. The van der Waals surface area contributed by atoms with E-state index in [1.807, 2.05) is 13.8 Å². The minimum absolute atomic E-state index is 0.0669. The third kappa shape index (κ3) is 1.42. The summed E-state index contributed by atoms with van der Waals surface area (Å²) in [6, 6.07) is 0. The summed E-state index contributed by atoms with van der Waals surface area (Å²) in [6.07, 6.45) is 0.947. The Labute approximate surface area is 72.0 Å². The van der Waals surface area contributed by atoms with E-state index in [0.717, 1.165) is 6.42 Å². The maximum Gasteiger partial charge on any atom is 0.269 e. The number of hydrogen-bond donors (Lipinski definition) is 1. The number of carbonyl (C=O) groups is 1. The third-order valence-corrected chi connectivity index (χ3v) is 2.14. The first-order valence-electron chi connectivity index (χ1n) is 4.16. The molecule has 4 nitrogen and oxygen atoms in total. The van der Waals surface area contributed by atoms with Crippen LogP contribution in [-0.4, -0.2) is 24.8 Å². The van der Waals surface area contributed by atoms with Crippen LogP contribution < -0.4 is 5.32 Å². The van der Waals surface area contributed by atoms with Gasteiger partial charge in [0, 0.05) is 13.0 Å². The first-order valence-corrected chi connectivity index (χ1v) is 4.16. The predicted octanol–water partition coefficient (Wildman–Crippen LogP) is 0.533. The number of amides is 1. The van der Waals surface area contributed by atoms with Crippen LogP contribution in [0.2, 0.25) is 0 Å². The summed E-state index contributed by atoms with van der Waals surface area (Å²) in [5, 5.41) is 6.28. The van der Waals surface area contributed by atoms with E-state index in [0.29, 0.717) is 5.71 Å². The van der Waals surface area contributed by atoms with Gasteiger partial charge in [-0.05, 0) is 6.42 Å². The van der Waals surface area contributed by atoms with E-state index in [-0.39, 0.29) is 17.9 Å². The molecule has 0 radical (unpaired) electrons. The normalized spacial score (nSPS) is 27.8. The van der Waals surface area contributed by atoms with Crippen LogP contribution in [0.4, 0.5) is 0 Å². The van der Waals surface area contributed by atoms with Crippen molar-refractivity contribution >= 4 is 11.6 Å². The van der Waals surface area contributed by atoms with Crippen LogP contribution >= 0.6 is 0 Å². The van der Waals surface area contributed by atoms with E-state index >= 15 is 0 Å². The third-order valence-electron chi connectivity index (χ3n) is 2.14. The Morgan fingerprint density at radius 3 is 2.83 bits per heavy atom. The van der Waals surface area contributed by atoms with Crippen LogP contribution in [-0.2, 0) is 9.63 Å². The Balaban J connectivity index is 2.64. The van der Waals surface area contributed by atoms with Crippen LogP contribution in [0.3, 0.4) is 0 Å². The van der Waals surface area contributed by atoms with E-state index < -0.39 is 0 Å². The quantitative estimate of drug-likeness (QED) is 0.657. The number of nitrogens with zero attached hydrogens (tertiary/aromatic N) is 1. The molecule has 68 valence electrons. The molecule has 1 rings (SSSR count). The molecule has 1 amide bonds. The lowest BCUT2D eigenvalue weighted by Crippen LogP contribution is -2.33. The monoisotopic (exact) mass is 170 g/mol. The van der Waals surface area contributed by atoms with Crippen molar-refractivity contribution < 1.29 is 9.63 Å². The average molecular weight is 170 g/mol. The van der Waals surface area contributed by atoms with Crippen LogP contribution in [0.1, 0.15) is 20.3 Å². The molecule has 0 saturated carbocycles. The van der Waals surface area contributed by atoms with Crippen molar-refractivity contribution in [2.75, 3.05) is 7.05 Å². The fraction of sp³-hybridized carbons (Fsp3) is 0.750. The van der Waals surface area contributed by atoms with Gasteiger partial charge in [0.05, 0.1) is 0 Å². The van der Waals surface area contributed by atoms with Gasteiger partial charge in [0.25, 0.3) is 5.91 Å². The summed E-state index contributed by atoms with van der Waals surface area (Å²) in [6.45, 7) is 3.97. The zero-order chi connectivity index (χ0) is 9.14. The van der Waals surface area contributed by atoms with Crippen LogP contribution in [0.5, 0.6) is 0 Å². The molecule has 2 unspecified atom stereocenters. The molecule has 0 aromatic heterocycles. The van der Waals surface area contributed by atoms with Gasteiger partial charge >= 0.3 is 0 Å². The molecule has 0 fully saturated rings. The van der Waals surface area contributed by atoms with E-state index in [1.54, 1.807) is 7.05 Å². The minimum Gasteiger partial charge on any atom is -0.391 e. The molecule has 0 bridgehead atoms. The summed E-state index contributed by atoms with van der Waals surface area (Å²) in [5.74, 6) is -0.0339. The second kappa shape index (κ2) is 3.56. The topological polar surface area (TPSA) is 50.7 Å². The summed E-state index contributed by atoms with van der Waals surface area (Å²) in [4.78, 5) is 16.2. The Bertz CT molecular complexity index is 213. The van der Waals surface area contributed by atoms with Gasteiger partial charge in [0.1, 0.15) is 6.10 Å². The average Bonchev–Trinajstić information content (AvgIpc) is 2.45. The lowest BCUT2D eigenvalue weighted by Gasteiger charge is -2.10. The molecule has 0 aromatic rings. The van der Waals surface area contributed by atoms with E-state index in [9.17, 15) is 4.79 Å². The van der Waals surface area contributed by atoms with Crippen molar-refractivity contribution in [3.8, 4) is 0 Å². The lowest BCUT2D eigenvalue weighted by molar-refractivity contribution is -0.114. The molecular weight excluding hydrogens is 156 g/mol.